The van der Waals surface area contributed by atoms with Crippen molar-refractivity contribution in [2.45, 2.75) is 50.6 Å². The average Bonchev–Trinajstić information content (AvgIpc) is 3.13. The lowest BCUT2D eigenvalue weighted by Gasteiger charge is -2.34. The van der Waals surface area contributed by atoms with Crippen molar-refractivity contribution in [3.05, 3.63) is 10.6 Å². The lowest BCUT2D eigenvalue weighted by atomic mass is 9.92. The summed E-state index contributed by atoms with van der Waals surface area (Å²) in [6.07, 6.45) is 6.68. The summed E-state index contributed by atoms with van der Waals surface area (Å²) < 4.78 is 5.08. The highest BCUT2D eigenvalue weighted by molar-refractivity contribution is 7.15. The number of nitrogens with zero attached hydrogens (tertiary/aromatic N) is 2. The normalized spacial score (nSPS) is 19.1. The Kier molecular flexibility index (Phi) is 4.58. The van der Waals surface area contributed by atoms with Crippen LogP contribution in [-0.4, -0.2) is 38.3 Å². The number of ether oxygens (including phenoxy) is 1. The number of aromatic nitrogens is 1. The van der Waals surface area contributed by atoms with Crippen molar-refractivity contribution in [3.8, 4) is 0 Å². The van der Waals surface area contributed by atoms with Gasteiger partial charge in [0.05, 0.1) is 12.3 Å². The molecule has 3 rings (SSSR count). The fourth-order valence-corrected chi connectivity index (χ4v) is 3.76. The van der Waals surface area contributed by atoms with Crippen LogP contribution in [0.25, 0.3) is 0 Å². The smallest absolute Gasteiger partial charge is 0.185 e. The first-order valence-electron chi connectivity index (χ1n) is 7.71. The van der Waals surface area contributed by atoms with E-state index in [1.807, 2.05) is 11.3 Å². The molecule has 0 amide bonds. The van der Waals surface area contributed by atoms with Crippen LogP contribution >= 0.6 is 11.3 Å². The molecule has 1 heterocycles. The molecule has 0 radical (unpaired) electrons. The van der Waals surface area contributed by atoms with Gasteiger partial charge in [-0.2, -0.15) is 0 Å². The highest BCUT2D eigenvalue weighted by atomic mass is 32.1. The van der Waals surface area contributed by atoms with E-state index >= 15 is 0 Å². The Balaban J connectivity index is 1.65. The molecule has 112 valence electrons. The zero-order valence-corrected chi connectivity index (χ0v) is 13.3. The van der Waals surface area contributed by atoms with Gasteiger partial charge in [-0.05, 0) is 32.1 Å². The summed E-state index contributed by atoms with van der Waals surface area (Å²) in [7, 11) is 3.96. The van der Waals surface area contributed by atoms with Gasteiger partial charge in [-0.3, -0.25) is 0 Å². The average molecular weight is 295 g/mol. The number of thiazole rings is 1. The molecule has 1 aromatic heterocycles. The van der Waals surface area contributed by atoms with E-state index in [1.165, 1.54) is 47.8 Å². The van der Waals surface area contributed by atoms with Crippen LogP contribution in [0.1, 0.15) is 48.6 Å². The monoisotopic (exact) mass is 295 g/mol. The maximum atomic E-state index is 5.08. The largest absolute Gasteiger partial charge is 0.383 e. The molecule has 1 aromatic rings. The minimum absolute atomic E-state index is 0.725. The zero-order valence-electron chi connectivity index (χ0n) is 12.5. The van der Waals surface area contributed by atoms with Crippen molar-refractivity contribution < 1.29 is 4.74 Å². The van der Waals surface area contributed by atoms with Crippen LogP contribution in [0.2, 0.25) is 0 Å². The summed E-state index contributed by atoms with van der Waals surface area (Å²) in [5.41, 5.74) is 1.36. The third kappa shape index (κ3) is 3.15. The van der Waals surface area contributed by atoms with Gasteiger partial charge in [0.2, 0.25) is 0 Å². The van der Waals surface area contributed by atoms with Gasteiger partial charge in [0.1, 0.15) is 0 Å². The zero-order chi connectivity index (χ0) is 13.9. The molecule has 0 unspecified atom stereocenters. The summed E-state index contributed by atoms with van der Waals surface area (Å²) in [4.78, 5) is 8.78. The summed E-state index contributed by atoms with van der Waals surface area (Å²) in [6, 6.07) is 0.725. The molecule has 0 bridgehead atoms. The van der Waals surface area contributed by atoms with E-state index in [0.717, 1.165) is 31.7 Å². The van der Waals surface area contributed by atoms with Crippen molar-refractivity contribution in [1.29, 1.82) is 0 Å². The van der Waals surface area contributed by atoms with Crippen molar-refractivity contribution in [2.75, 3.05) is 32.2 Å². The van der Waals surface area contributed by atoms with Gasteiger partial charge in [-0.25, -0.2) is 4.98 Å². The highest BCUT2D eigenvalue weighted by Gasteiger charge is 2.31. The van der Waals surface area contributed by atoms with Crippen molar-refractivity contribution in [1.82, 2.24) is 10.3 Å². The highest BCUT2D eigenvalue weighted by Crippen LogP contribution is 2.44. The van der Waals surface area contributed by atoms with E-state index in [2.05, 4.69) is 17.3 Å². The second kappa shape index (κ2) is 6.41. The molecule has 2 fully saturated rings. The summed E-state index contributed by atoms with van der Waals surface area (Å²) in [6.45, 7) is 2.62. The molecule has 4 nitrogen and oxygen atoms in total. The maximum absolute atomic E-state index is 5.08. The van der Waals surface area contributed by atoms with Crippen LogP contribution in [0.15, 0.2) is 0 Å². The van der Waals surface area contributed by atoms with Gasteiger partial charge in [0, 0.05) is 44.1 Å². The van der Waals surface area contributed by atoms with Crippen LogP contribution < -0.4 is 10.2 Å². The van der Waals surface area contributed by atoms with E-state index in [0.29, 0.717) is 0 Å². The molecule has 1 N–H and O–H groups in total. The molecule has 0 saturated heterocycles. The fourth-order valence-electron chi connectivity index (χ4n) is 2.61. The van der Waals surface area contributed by atoms with Crippen molar-refractivity contribution in [2.24, 2.45) is 0 Å². The Bertz CT molecular complexity index is 440. The molecule has 0 aliphatic heterocycles. The first-order chi connectivity index (χ1) is 9.79. The van der Waals surface area contributed by atoms with E-state index < -0.39 is 0 Å². The third-order valence-electron chi connectivity index (χ3n) is 4.37. The molecule has 5 heteroatoms. The number of nitrogens with one attached hydrogen (secondary N) is 1. The first kappa shape index (κ1) is 14.3. The molecule has 2 aliphatic rings. The molecular weight excluding hydrogens is 270 g/mol. The molecule has 20 heavy (non-hydrogen) atoms. The molecule has 0 spiro atoms. The lowest BCUT2D eigenvalue weighted by Crippen LogP contribution is -2.37. The second-order valence-electron chi connectivity index (χ2n) is 5.94. The lowest BCUT2D eigenvalue weighted by molar-refractivity contribution is 0.199. The summed E-state index contributed by atoms with van der Waals surface area (Å²) in [5.74, 6) is 0.731. The van der Waals surface area contributed by atoms with E-state index in [-0.39, 0.29) is 0 Å². The van der Waals surface area contributed by atoms with Crippen LogP contribution in [0, 0.1) is 0 Å². The van der Waals surface area contributed by atoms with Gasteiger partial charge >= 0.3 is 0 Å². The van der Waals surface area contributed by atoms with Crippen molar-refractivity contribution >= 4 is 16.5 Å². The van der Waals surface area contributed by atoms with E-state index in [4.69, 9.17) is 9.72 Å². The van der Waals surface area contributed by atoms with Crippen LogP contribution in [0.4, 0.5) is 5.13 Å². The molecule has 2 aliphatic carbocycles. The molecule has 0 atom stereocenters. The second-order valence-corrected chi connectivity index (χ2v) is 7.01. The minimum atomic E-state index is 0.725. The number of hydrogen-bond donors (Lipinski definition) is 1. The van der Waals surface area contributed by atoms with Crippen molar-refractivity contribution in [3.63, 3.8) is 0 Å². The van der Waals surface area contributed by atoms with E-state index in [1.54, 1.807) is 7.11 Å². The van der Waals surface area contributed by atoms with Gasteiger partial charge in [0.25, 0.3) is 0 Å². The Hall–Kier alpha value is -0.650. The molecule has 2 saturated carbocycles. The van der Waals surface area contributed by atoms with Crippen LogP contribution in [-0.2, 0) is 11.3 Å². The SMILES string of the molecule is COCCNCc1sc(N(C)C2CCC2)nc1C1CC1. The molecule has 0 aromatic carbocycles. The first-order valence-corrected chi connectivity index (χ1v) is 8.53. The summed E-state index contributed by atoms with van der Waals surface area (Å²) >= 11 is 1.88. The Morgan fingerprint density at radius 2 is 2.15 bits per heavy atom. The fraction of sp³-hybridized carbons (Fsp3) is 0.800. The predicted octanol–water partition coefficient (Wildman–Crippen LogP) is 2.75. The van der Waals surface area contributed by atoms with Gasteiger partial charge in [0.15, 0.2) is 5.13 Å². The standard InChI is InChI=1S/C15H25N3OS/c1-18(12-4-3-5-12)15-17-14(11-6-7-11)13(20-15)10-16-8-9-19-2/h11-12,16H,3-10H2,1-2H3. The topological polar surface area (TPSA) is 37.4 Å². The number of rotatable bonds is 8. The third-order valence-corrected chi connectivity index (χ3v) is 5.53. The maximum Gasteiger partial charge on any atom is 0.185 e. The predicted molar refractivity (Wildman–Crippen MR) is 83.7 cm³/mol. The summed E-state index contributed by atoms with van der Waals surface area (Å²) in [5, 5.41) is 4.68. The minimum Gasteiger partial charge on any atom is -0.383 e. The van der Waals surface area contributed by atoms with E-state index in [9.17, 15) is 0 Å². The Morgan fingerprint density at radius 3 is 2.75 bits per heavy atom. The quantitative estimate of drug-likeness (QED) is 0.748. The van der Waals surface area contributed by atoms with Crippen LogP contribution in [0.3, 0.4) is 0 Å². The molecular formula is C15H25N3OS. The Morgan fingerprint density at radius 1 is 1.35 bits per heavy atom. The van der Waals surface area contributed by atoms with Gasteiger partial charge < -0.3 is 15.0 Å². The van der Waals surface area contributed by atoms with Gasteiger partial charge in [-0.15, -0.1) is 11.3 Å². The number of anilines is 1. The van der Waals surface area contributed by atoms with Gasteiger partial charge in [-0.1, -0.05) is 0 Å². The number of methoxy groups -OCH3 is 1. The Labute approximate surface area is 125 Å². The van der Waals surface area contributed by atoms with Crippen LogP contribution in [0.5, 0.6) is 0 Å². The number of hydrogen-bond acceptors (Lipinski definition) is 5.